The van der Waals surface area contributed by atoms with E-state index in [1.807, 2.05) is 19.2 Å². The maximum absolute atomic E-state index is 11.8. The molecule has 3 nitrogen and oxygen atoms in total. The van der Waals surface area contributed by atoms with Gasteiger partial charge in [-0.15, -0.1) is 11.3 Å². The molecule has 1 rings (SSSR count). The molecule has 1 aromatic heterocycles. The highest BCUT2D eigenvalue weighted by molar-refractivity contribution is 7.13. The maximum Gasteiger partial charge on any atom is 0.263 e. The third-order valence-electron chi connectivity index (χ3n) is 2.28. The summed E-state index contributed by atoms with van der Waals surface area (Å²) in [6.07, 6.45) is 1.46. The van der Waals surface area contributed by atoms with E-state index in [4.69, 9.17) is 16.7 Å². The van der Waals surface area contributed by atoms with E-state index >= 15 is 0 Å². The summed E-state index contributed by atoms with van der Waals surface area (Å²) in [5, 5.41) is 14.0. The standard InChI is InChI=1S/C11H16ClNO2S/c1-7-6-16-10(9(7)12)11(15)13-8(2)4-3-5-14/h6,8,14H,3-5H2,1-2H3,(H,13,15). The van der Waals surface area contributed by atoms with Crippen LogP contribution in [0.5, 0.6) is 0 Å². The Hall–Kier alpha value is -0.580. The number of nitrogens with one attached hydrogen (secondary N) is 1. The van der Waals surface area contributed by atoms with Crippen molar-refractivity contribution in [1.82, 2.24) is 5.32 Å². The highest BCUT2D eigenvalue weighted by Gasteiger charge is 2.16. The van der Waals surface area contributed by atoms with Crippen LogP contribution in [0.1, 0.15) is 35.0 Å². The van der Waals surface area contributed by atoms with E-state index in [9.17, 15) is 4.79 Å². The minimum absolute atomic E-state index is 0.0538. The molecule has 0 radical (unpaired) electrons. The molecular formula is C11H16ClNO2S. The smallest absolute Gasteiger partial charge is 0.263 e. The van der Waals surface area contributed by atoms with Gasteiger partial charge in [-0.25, -0.2) is 0 Å². The number of carbonyl (C=O) groups is 1. The van der Waals surface area contributed by atoms with Gasteiger partial charge in [0.25, 0.3) is 5.91 Å². The fourth-order valence-corrected chi connectivity index (χ4v) is 2.52. The van der Waals surface area contributed by atoms with Crippen molar-refractivity contribution < 1.29 is 9.90 Å². The molecule has 16 heavy (non-hydrogen) atoms. The maximum atomic E-state index is 11.8. The van der Waals surface area contributed by atoms with Crippen LogP contribution in [0.25, 0.3) is 0 Å². The highest BCUT2D eigenvalue weighted by atomic mass is 35.5. The second-order valence-electron chi connectivity index (χ2n) is 3.80. The van der Waals surface area contributed by atoms with Crippen molar-refractivity contribution in [2.45, 2.75) is 32.7 Å². The van der Waals surface area contributed by atoms with Gasteiger partial charge >= 0.3 is 0 Å². The topological polar surface area (TPSA) is 49.3 Å². The SMILES string of the molecule is Cc1csc(C(=O)NC(C)CCCO)c1Cl. The number of aliphatic hydroxyl groups is 1. The summed E-state index contributed by atoms with van der Waals surface area (Å²) in [6.45, 7) is 3.95. The van der Waals surface area contributed by atoms with E-state index < -0.39 is 0 Å². The van der Waals surface area contributed by atoms with Gasteiger partial charge in [0.05, 0.1) is 5.02 Å². The predicted molar refractivity (Wildman–Crippen MR) is 67.3 cm³/mol. The van der Waals surface area contributed by atoms with Crippen LogP contribution >= 0.6 is 22.9 Å². The minimum atomic E-state index is -0.131. The number of aryl methyl sites for hydroxylation is 1. The van der Waals surface area contributed by atoms with Crippen LogP contribution in [0.3, 0.4) is 0 Å². The van der Waals surface area contributed by atoms with Crippen LogP contribution in [0.4, 0.5) is 0 Å². The molecule has 0 fully saturated rings. The fraction of sp³-hybridized carbons (Fsp3) is 0.545. The van der Waals surface area contributed by atoms with Crippen molar-refractivity contribution in [3.8, 4) is 0 Å². The predicted octanol–water partition coefficient (Wildman–Crippen LogP) is 2.60. The zero-order valence-corrected chi connectivity index (χ0v) is 11.0. The summed E-state index contributed by atoms with van der Waals surface area (Å²) < 4.78 is 0. The number of hydrogen-bond donors (Lipinski definition) is 2. The molecular weight excluding hydrogens is 246 g/mol. The third kappa shape index (κ3) is 3.47. The number of thiophene rings is 1. The van der Waals surface area contributed by atoms with Crippen LogP contribution in [-0.4, -0.2) is 23.7 Å². The molecule has 1 atom stereocenters. The van der Waals surface area contributed by atoms with Crippen molar-refractivity contribution in [3.63, 3.8) is 0 Å². The Morgan fingerprint density at radius 3 is 2.88 bits per heavy atom. The zero-order chi connectivity index (χ0) is 12.1. The van der Waals surface area contributed by atoms with Gasteiger partial charge < -0.3 is 10.4 Å². The Kier molecular flexibility index (Phi) is 5.25. The number of rotatable bonds is 5. The summed E-state index contributed by atoms with van der Waals surface area (Å²) in [5.41, 5.74) is 0.930. The first-order valence-corrected chi connectivity index (χ1v) is 6.47. The number of amides is 1. The monoisotopic (exact) mass is 261 g/mol. The number of aliphatic hydroxyl groups excluding tert-OH is 1. The van der Waals surface area contributed by atoms with Gasteiger partial charge in [0.1, 0.15) is 4.88 Å². The highest BCUT2D eigenvalue weighted by Crippen LogP contribution is 2.26. The zero-order valence-electron chi connectivity index (χ0n) is 9.42. The van der Waals surface area contributed by atoms with Gasteiger partial charge in [0.2, 0.25) is 0 Å². The second-order valence-corrected chi connectivity index (χ2v) is 5.06. The molecule has 0 bridgehead atoms. The molecule has 0 aliphatic rings. The van der Waals surface area contributed by atoms with Crippen LogP contribution < -0.4 is 5.32 Å². The van der Waals surface area contributed by atoms with Gasteiger partial charge in [-0.1, -0.05) is 11.6 Å². The summed E-state index contributed by atoms with van der Waals surface area (Å²) in [4.78, 5) is 12.4. The number of hydrogen-bond acceptors (Lipinski definition) is 3. The normalized spacial score (nSPS) is 12.5. The van der Waals surface area contributed by atoms with Crippen molar-refractivity contribution in [2.24, 2.45) is 0 Å². The van der Waals surface area contributed by atoms with E-state index in [1.165, 1.54) is 11.3 Å². The molecule has 0 saturated carbocycles. The Labute approximate surface area is 104 Å². The van der Waals surface area contributed by atoms with E-state index in [1.54, 1.807) is 0 Å². The minimum Gasteiger partial charge on any atom is -0.396 e. The van der Waals surface area contributed by atoms with Gasteiger partial charge in [0.15, 0.2) is 0 Å². The summed E-state index contributed by atoms with van der Waals surface area (Å²) in [6, 6.07) is 0.0538. The van der Waals surface area contributed by atoms with Gasteiger partial charge in [-0.2, -0.15) is 0 Å². The summed E-state index contributed by atoms with van der Waals surface area (Å²) in [5.74, 6) is -0.131. The molecule has 5 heteroatoms. The van der Waals surface area contributed by atoms with Crippen molar-refractivity contribution in [1.29, 1.82) is 0 Å². The number of carbonyl (C=O) groups excluding carboxylic acids is 1. The summed E-state index contributed by atoms with van der Waals surface area (Å²) >= 11 is 7.36. The lowest BCUT2D eigenvalue weighted by Gasteiger charge is -2.12. The Morgan fingerprint density at radius 2 is 2.38 bits per heavy atom. The molecule has 2 N–H and O–H groups in total. The molecule has 90 valence electrons. The molecule has 0 aliphatic carbocycles. The summed E-state index contributed by atoms with van der Waals surface area (Å²) in [7, 11) is 0. The van der Waals surface area contributed by atoms with Crippen LogP contribution in [0.15, 0.2) is 5.38 Å². The van der Waals surface area contributed by atoms with Gasteiger partial charge in [-0.05, 0) is 37.6 Å². The lowest BCUT2D eigenvalue weighted by atomic mass is 10.2. The first-order valence-electron chi connectivity index (χ1n) is 5.21. The lowest BCUT2D eigenvalue weighted by Crippen LogP contribution is -2.32. The largest absolute Gasteiger partial charge is 0.396 e. The quantitative estimate of drug-likeness (QED) is 0.856. The Balaban J connectivity index is 2.55. The first-order chi connectivity index (χ1) is 7.56. The lowest BCUT2D eigenvalue weighted by molar-refractivity contribution is 0.0940. The van der Waals surface area contributed by atoms with E-state index in [-0.39, 0.29) is 18.6 Å². The average Bonchev–Trinajstić information content (AvgIpc) is 2.57. The fourth-order valence-electron chi connectivity index (χ4n) is 1.34. The average molecular weight is 262 g/mol. The van der Waals surface area contributed by atoms with Crippen LogP contribution in [0.2, 0.25) is 5.02 Å². The third-order valence-corrected chi connectivity index (χ3v) is 3.97. The second kappa shape index (κ2) is 6.23. The van der Waals surface area contributed by atoms with Crippen LogP contribution in [-0.2, 0) is 0 Å². The van der Waals surface area contributed by atoms with E-state index in [0.717, 1.165) is 12.0 Å². The van der Waals surface area contributed by atoms with Crippen LogP contribution in [0, 0.1) is 6.92 Å². The van der Waals surface area contributed by atoms with E-state index in [2.05, 4.69) is 5.32 Å². The molecule has 1 aromatic rings. The van der Waals surface area contributed by atoms with Crippen molar-refractivity contribution in [2.75, 3.05) is 6.61 Å². The van der Waals surface area contributed by atoms with E-state index in [0.29, 0.717) is 16.3 Å². The molecule has 1 amide bonds. The molecule has 0 spiro atoms. The molecule has 1 heterocycles. The van der Waals surface area contributed by atoms with Crippen molar-refractivity contribution in [3.05, 3.63) is 20.8 Å². The molecule has 0 saturated heterocycles. The number of halogens is 1. The van der Waals surface area contributed by atoms with Crippen molar-refractivity contribution >= 4 is 28.8 Å². The first kappa shape index (κ1) is 13.5. The molecule has 0 aromatic carbocycles. The van der Waals surface area contributed by atoms with Gasteiger partial charge in [-0.3, -0.25) is 4.79 Å². The van der Waals surface area contributed by atoms with Gasteiger partial charge in [0, 0.05) is 12.6 Å². The Bertz CT molecular complexity index is 365. The Morgan fingerprint density at radius 1 is 1.69 bits per heavy atom. The molecule has 1 unspecified atom stereocenters. The molecule has 0 aliphatic heterocycles.